The van der Waals surface area contributed by atoms with Crippen LogP contribution < -0.4 is 0 Å². The predicted octanol–water partition coefficient (Wildman–Crippen LogP) is 2.99. The Balaban J connectivity index is 2.20. The Labute approximate surface area is 111 Å². The van der Waals surface area contributed by atoms with Gasteiger partial charge in [-0.2, -0.15) is 0 Å². The third-order valence-corrected chi connectivity index (χ3v) is 3.40. The normalized spacial score (nSPS) is 17.3. The van der Waals surface area contributed by atoms with Crippen molar-refractivity contribution in [2.75, 3.05) is 0 Å². The summed E-state index contributed by atoms with van der Waals surface area (Å²) >= 11 is 0. The minimum atomic E-state index is -0.601. The van der Waals surface area contributed by atoms with E-state index in [0.29, 0.717) is 6.42 Å². The number of rotatable bonds is 5. The molecule has 0 aliphatic carbocycles. The highest BCUT2D eigenvalue weighted by Crippen LogP contribution is 2.47. The van der Waals surface area contributed by atoms with Gasteiger partial charge in [-0.05, 0) is 18.9 Å². The standard InChI is InChI=1S/C14H18O5/c1-2-3-4-5-6-10-11-8(14(18)19-10)7-9(15)12(16)13(11)17/h7,10,15-17H,2-6H2,1H3. The maximum Gasteiger partial charge on any atom is 0.339 e. The van der Waals surface area contributed by atoms with E-state index in [9.17, 15) is 20.1 Å². The number of ether oxygens (including phenoxy) is 1. The second kappa shape index (κ2) is 5.38. The molecule has 5 heteroatoms. The molecule has 0 saturated carbocycles. The van der Waals surface area contributed by atoms with Crippen LogP contribution in [0.5, 0.6) is 17.2 Å². The zero-order valence-electron chi connectivity index (χ0n) is 10.8. The topological polar surface area (TPSA) is 87.0 Å². The third kappa shape index (κ3) is 2.45. The average Bonchev–Trinajstić information content (AvgIpc) is 2.69. The molecule has 3 N–H and O–H groups in total. The SMILES string of the molecule is CCCCCCC1OC(=O)c2cc(O)c(O)c(O)c21. The summed E-state index contributed by atoms with van der Waals surface area (Å²) in [6.07, 6.45) is 4.21. The monoisotopic (exact) mass is 266 g/mol. The molecule has 19 heavy (non-hydrogen) atoms. The lowest BCUT2D eigenvalue weighted by atomic mass is 9.98. The van der Waals surface area contributed by atoms with Crippen LogP contribution in [0.3, 0.4) is 0 Å². The summed E-state index contributed by atoms with van der Waals surface area (Å²) in [5.41, 5.74) is 0.421. The van der Waals surface area contributed by atoms with Gasteiger partial charge in [0.2, 0.25) is 5.75 Å². The first-order valence-corrected chi connectivity index (χ1v) is 6.55. The van der Waals surface area contributed by atoms with Crippen molar-refractivity contribution in [2.24, 2.45) is 0 Å². The summed E-state index contributed by atoms with van der Waals surface area (Å²) in [5, 5.41) is 28.8. The molecule has 1 atom stereocenters. The van der Waals surface area contributed by atoms with Crippen molar-refractivity contribution in [1.29, 1.82) is 0 Å². The van der Waals surface area contributed by atoms with Crippen molar-refractivity contribution in [3.63, 3.8) is 0 Å². The minimum absolute atomic E-state index is 0.133. The number of aromatic hydroxyl groups is 3. The second-order valence-electron chi connectivity index (χ2n) is 4.80. The van der Waals surface area contributed by atoms with Crippen LogP contribution in [0.2, 0.25) is 0 Å². The van der Waals surface area contributed by atoms with Gasteiger partial charge in [-0.25, -0.2) is 4.79 Å². The van der Waals surface area contributed by atoms with E-state index in [2.05, 4.69) is 6.92 Å². The summed E-state index contributed by atoms with van der Waals surface area (Å²) in [5.74, 6) is -2.14. The van der Waals surface area contributed by atoms with Crippen LogP contribution in [0.1, 0.15) is 61.1 Å². The van der Waals surface area contributed by atoms with E-state index in [1.807, 2.05) is 0 Å². The van der Waals surface area contributed by atoms with Crippen LogP contribution in [-0.4, -0.2) is 21.3 Å². The maximum atomic E-state index is 11.7. The molecule has 0 amide bonds. The second-order valence-corrected chi connectivity index (χ2v) is 4.80. The van der Waals surface area contributed by atoms with Crippen molar-refractivity contribution in [1.82, 2.24) is 0 Å². The molecule has 0 radical (unpaired) electrons. The van der Waals surface area contributed by atoms with Gasteiger partial charge in [-0.15, -0.1) is 0 Å². The number of carbonyl (C=O) groups excluding carboxylic acids is 1. The summed E-state index contributed by atoms with van der Waals surface area (Å²) in [4.78, 5) is 11.7. The van der Waals surface area contributed by atoms with Crippen LogP contribution in [0.25, 0.3) is 0 Å². The Morgan fingerprint density at radius 3 is 2.58 bits per heavy atom. The lowest BCUT2D eigenvalue weighted by Gasteiger charge is -2.12. The highest BCUT2D eigenvalue weighted by atomic mass is 16.5. The molecule has 1 aromatic rings. The molecule has 1 aliphatic heterocycles. The number of carbonyl (C=O) groups is 1. The largest absolute Gasteiger partial charge is 0.504 e. The first-order valence-electron chi connectivity index (χ1n) is 6.55. The minimum Gasteiger partial charge on any atom is -0.504 e. The summed E-state index contributed by atoms with van der Waals surface area (Å²) in [6.45, 7) is 2.11. The average molecular weight is 266 g/mol. The van der Waals surface area contributed by atoms with Gasteiger partial charge in [0.15, 0.2) is 11.5 Å². The Kier molecular flexibility index (Phi) is 3.83. The number of unbranched alkanes of at least 4 members (excludes halogenated alkanes) is 3. The Morgan fingerprint density at radius 2 is 1.89 bits per heavy atom. The van der Waals surface area contributed by atoms with Gasteiger partial charge >= 0.3 is 5.97 Å². The van der Waals surface area contributed by atoms with Crippen molar-refractivity contribution >= 4 is 5.97 Å². The van der Waals surface area contributed by atoms with Gasteiger partial charge in [-0.1, -0.05) is 26.2 Å². The number of hydrogen-bond donors (Lipinski definition) is 3. The number of hydrogen-bond acceptors (Lipinski definition) is 5. The first-order chi connectivity index (χ1) is 9.06. The van der Waals surface area contributed by atoms with E-state index in [1.165, 1.54) is 0 Å². The lowest BCUT2D eigenvalue weighted by Crippen LogP contribution is -1.98. The maximum absolute atomic E-state index is 11.7. The molecule has 1 unspecified atom stereocenters. The third-order valence-electron chi connectivity index (χ3n) is 3.40. The fraction of sp³-hybridized carbons (Fsp3) is 0.500. The fourth-order valence-electron chi connectivity index (χ4n) is 2.37. The smallest absolute Gasteiger partial charge is 0.339 e. The number of phenolic OH excluding ortho intramolecular Hbond substituents is 3. The molecule has 1 heterocycles. The van der Waals surface area contributed by atoms with E-state index in [0.717, 1.165) is 31.7 Å². The molecular formula is C14H18O5. The summed E-state index contributed by atoms with van der Waals surface area (Å²) in [7, 11) is 0. The van der Waals surface area contributed by atoms with E-state index in [-0.39, 0.29) is 11.1 Å². The van der Waals surface area contributed by atoms with Crippen LogP contribution in [0.4, 0.5) is 0 Å². The molecule has 0 fully saturated rings. The summed E-state index contributed by atoms with van der Waals surface area (Å²) < 4.78 is 5.18. The van der Waals surface area contributed by atoms with E-state index >= 15 is 0 Å². The highest BCUT2D eigenvalue weighted by molar-refractivity contribution is 5.96. The van der Waals surface area contributed by atoms with Gasteiger partial charge in [0.05, 0.1) is 11.1 Å². The van der Waals surface area contributed by atoms with Gasteiger partial charge in [0.25, 0.3) is 0 Å². The van der Waals surface area contributed by atoms with Gasteiger partial charge in [0, 0.05) is 0 Å². The quantitative estimate of drug-likeness (QED) is 0.433. The number of benzene rings is 1. The molecule has 1 aliphatic rings. The molecule has 2 rings (SSSR count). The van der Waals surface area contributed by atoms with Crippen LogP contribution in [0, 0.1) is 0 Å². The molecule has 0 saturated heterocycles. The van der Waals surface area contributed by atoms with Gasteiger partial charge < -0.3 is 20.1 Å². The Hall–Kier alpha value is -1.91. The Morgan fingerprint density at radius 1 is 1.16 bits per heavy atom. The molecule has 0 spiro atoms. The Bertz CT molecular complexity index is 495. The van der Waals surface area contributed by atoms with Crippen LogP contribution >= 0.6 is 0 Å². The number of phenols is 3. The molecule has 104 valence electrons. The van der Waals surface area contributed by atoms with Crippen LogP contribution in [-0.2, 0) is 4.74 Å². The fourth-order valence-corrected chi connectivity index (χ4v) is 2.37. The highest BCUT2D eigenvalue weighted by Gasteiger charge is 2.36. The molecule has 0 bridgehead atoms. The van der Waals surface area contributed by atoms with Crippen molar-refractivity contribution in [2.45, 2.75) is 45.1 Å². The zero-order valence-corrected chi connectivity index (χ0v) is 10.8. The molecule has 0 aromatic heterocycles. The molecule has 5 nitrogen and oxygen atoms in total. The van der Waals surface area contributed by atoms with E-state index in [1.54, 1.807) is 0 Å². The number of cyclic esters (lactones) is 1. The zero-order chi connectivity index (χ0) is 14.0. The lowest BCUT2D eigenvalue weighted by molar-refractivity contribution is 0.0360. The van der Waals surface area contributed by atoms with Crippen molar-refractivity contribution in [3.05, 3.63) is 17.2 Å². The first kappa shape index (κ1) is 13.5. The van der Waals surface area contributed by atoms with Crippen LogP contribution in [0.15, 0.2) is 6.07 Å². The number of fused-ring (bicyclic) bond motifs is 1. The molecular weight excluding hydrogens is 248 g/mol. The predicted molar refractivity (Wildman–Crippen MR) is 68.4 cm³/mol. The van der Waals surface area contributed by atoms with Gasteiger partial charge in [-0.3, -0.25) is 0 Å². The summed E-state index contributed by atoms with van der Waals surface area (Å²) in [6, 6.07) is 1.14. The van der Waals surface area contributed by atoms with Crippen molar-refractivity contribution < 1.29 is 24.9 Å². The van der Waals surface area contributed by atoms with E-state index in [4.69, 9.17) is 4.74 Å². The van der Waals surface area contributed by atoms with Gasteiger partial charge in [0.1, 0.15) is 6.10 Å². The van der Waals surface area contributed by atoms with E-state index < -0.39 is 29.3 Å². The number of esters is 1. The van der Waals surface area contributed by atoms with Crippen molar-refractivity contribution in [3.8, 4) is 17.2 Å². The molecule has 1 aromatic carbocycles.